The molecule has 5 aromatic rings. The number of nitro groups is 1. The van der Waals surface area contributed by atoms with Crippen LogP contribution in [-0.2, 0) is 11.2 Å². The number of benzene rings is 2. The molecule has 3 heterocycles. The Balaban J connectivity index is 1.67. The van der Waals surface area contributed by atoms with E-state index in [0.29, 0.717) is 16.8 Å². The quantitative estimate of drug-likeness (QED) is 0.285. The van der Waals surface area contributed by atoms with Crippen molar-refractivity contribution in [3.8, 4) is 22.0 Å². The van der Waals surface area contributed by atoms with E-state index < -0.39 is 16.4 Å². The number of amides is 1. The number of thiophene rings is 1. The number of nitro benzene ring substituents is 1. The van der Waals surface area contributed by atoms with Crippen LogP contribution in [0.3, 0.4) is 0 Å². The standard InChI is InChI=1S/C23H16N6O4S/c30-18(12-14-6-2-1-3-7-14)27-28-22(15-8-4-9-16(13-15)29(32)33)24-20-19(17-10-5-11-34-17)25-26-21(20)23(28)31/h1-11,13H,12H2,(H,25,26)(H,27,30). The Bertz CT molecular complexity index is 1570. The highest BCUT2D eigenvalue weighted by Gasteiger charge is 2.21. The minimum atomic E-state index is -0.605. The number of non-ortho nitro benzene ring substituents is 1. The molecule has 2 aromatic carbocycles. The molecule has 168 valence electrons. The van der Waals surface area contributed by atoms with Crippen LogP contribution in [-0.4, -0.2) is 30.7 Å². The fourth-order valence-corrected chi connectivity index (χ4v) is 4.27. The first-order chi connectivity index (χ1) is 16.5. The molecule has 0 aliphatic rings. The molecule has 3 aromatic heterocycles. The lowest BCUT2D eigenvalue weighted by atomic mass is 10.1. The van der Waals surface area contributed by atoms with Gasteiger partial charge in [-0.25, -0.2) is 4.98 Å². The van der Waals surface area contributed by atoms with Crippen LogP contribution in [0.5, 0.6) is 0 Å². The molecule has 10 nitrogen and oxygen atoms in total. The molecule has 0 saturated carbocycles. The van der Waals surface area contributed by atoms with Crippen LogP contribution in [0.15, 0.2) is 76.9 Å². The third-order valence-electron chi connectivity index (χ3n) is 5.10. The lowest BCUT2D eigenvalue weighted by molar-refractivity contribution is -0.384. The highest BCUT2D eigenvalue weighted by molar-refractivity contribution is 7.13. The lowest BCUT2D eigenvalue weighted by Crippen LogP contribution is -2.36. The monoisotopic (exact) mass is 472 g/mol. The molecular formula is C23H16N6O4S. The van der Waals surface area contributed by atoms with E-state index in [1.807, 2.05) is 35.7 Å². The molecule has 34 heavy (non-hydrogen) atoms. The molecule has 1 amide bonds. The van der Waals surface area contributed by atoms with Crippen molar-refractivity contribution in [3.05, 3.63) is 98.1 Å². The highest BCUT2D eigenvalue weighted by Crippen LogP contribution is 2.29. The van der Waals surface area contributed by atoms with Gasteiger partial charge in [0.1, 0.15) is 11.2 Å². The third-order valence-corrected chi connectivity index (χ3v) is 5.99. The summed E-state index contributed by atoms with van der Waals surface area (Å²) >= 11 is 1.45. The average Bonchev–Trinajstić information content (AvgIpc) is 3.51. The van der Waals surface area contributed by atoms with E-state index in [1.54, 1.807) is 18.2 Å². The van der Waals surface area contributed by atoms with E-state index in [9.17, 15) is 19.7 Å². The van der Waals surface area contributed by atoms with Gasteiger partial charge in [-0.15, -0.1) is 11.3 Å². The van der Waals surface area contributed by atoms with Crippen molar-refractivity contribution in [1.82, 2.24) is 19.9 Å². The van der Waals surface area contributed by atoms with Crippen molar-refractivity contribution in [2.24, 2.45) is 0 Å². The van der Waals surface area contributed by atoms with Crippen molar-refractivity contribution in [2.45, 2.75) is 6.42 Å². The number of fused-ring (bicyclic) bond motifs is 1. The number of aromatic amines is 1. The summed E-state index contributed by atoms with van der Waals surface area (Å²) in [5.41, 5.74) is 3.78. The Labute approximate surface area is 195 Å². The summed E-state index contributed by atoms with van der Waals surface area (Å²) in [7, 11) is 0. The Morgan fingerprint density at radius 3 is 2.65 bits per heavy atom. The van der Waals surface area contributed by atoms with E-state index >= 15 is 0 Å². The Morgan fingerprint density at radius 1 is 1.09 bits per heavy atom. The fraction of sp³-hybridized carbons (Fsp3) is 0.0435. The van der Waals surface area contributed by atoms with E-state index in [0.717, 1.165) is 15.1 Å². The largest absolute Gasteiger partial charge is 0.301 e. The third kappa shape index (κ3) is 3.95. The molecule has 11 heteroatoms. The zero-order valence-corrected chi connectivity index (χ0v) is 18.3. The SMILES string of the molecule is O=C(Cc1ccccc1)Nn1c(-c2cccc([N+](=O)[O-])c2)nc2c(-c3cccs3)[nH]nc2c1=O. The number of aromatic nitrogens is 4. The van der Waals surface area contributed by atoms with Gasteiger partial charge in [-0.1, -0.05) is 48.5 Å². The number of carbonyl (C=O) groups excluding carboxylic acids is 1. The van der Waals surface area contributed by atoms with Crippen molar-refractivity contribution >= 4 is 34.0 Å². The van der Waals surface area contributed by atoms with E-state index in [-0.39, 0.29) is 23.4 Å². The number of hydrogen-bond acceptors (Lipinski definition) is 7. The number of nitrogens with zero attached hydrogens (tertiary/aromatic N) is 4. The maximum Gasteiger partial charge on any atom is 0.301 e. The molecule has 2 N–H and O–H groups in total. The summed E-state index contributed by atoms with van der Waals surface area (Å²) in [6.07, 6.45) is 0.0285. The van der Waals surface area contributed by atoms with Gasteiger partial charge in [0, 0.05) is 17.7 Å². The molecule has 5 rings (SSSR count). The van der Waals surface area contributed by atoms with Gasteiger partial charge in [-0.2, -0.15) is 9.77 Å². The van der Waals surface area contributed by atoms with Crippen LogP contribution < -0.4 is 11.0 Å². The molecule has 0 saturated heterocycles. The number of rotatable bonds is 6. The predicted molar refractivity (Wildman–Crippen MR) is 128 cm³/mol. The second kappa shape index (κ2) is 8.71. The molecule has 0 radical (unpaired) electrons. The Morgan fingerprint density at radius 2 is 1.91 bits per heavy atom. The highest BCUT2D eigenvalue weighted by atomic mass is 32.1. The van der Waals surface area contributed by atoms with Crippen LogP contribution in [0, 0.1) is 10.1 Å². The van der Waals surface area contributed by atoms with Crippen LogP contribution in [0.2, 0.25) is 0 Å². The predicted octanol–water partition coefficient (Wildman–Crippen LogP) is 3.74. The van der Waals surface area contributed by atoms with Crippen LogP contribution >= 0.6 is 11.3 Å². The summed E-state index contributed by atoms with van der Waals surface area (Å²) < 4.78 is 0.992. The van der Waals surface area contributed by atoms with Gasteiger partial charge in [0.2, 0.25) is 5.91 Å². The van der Waals surface area contributed by atoms with Gasteiger partial charge in [0.15, 0.2) is 11.3 Å². The first kappa shape index (κ1) is 21.2. The molecular weight excluding hydrogens is 456 g/mol. The van der Waals surface area contributed by atoms with E-state index in [1.165, 1.54) is 29.5 Å². The number of carbonyl (C=O) groups is 1. The second-order valence-corrected chi connectivity index (χ2v) is 8.30. The second-order valence-electron chi connectivity index (χ2n) is 7.35. The van der Waals surface area contributed by atoms with Gasteiger partial charge in [-0.05, 0) is 17.0 Å². The van der Waals surface area contributed by atoms with Gasteiger partial charge < -0.3 is 0 Å². The normalized spacial score (nSPS) is 10.9. The van der Waals surface area contributed by atoms with Crippen LogP contribution in [0.4, 0.5) is 5.69 Å². The van der Waals surface area contributed by atoms with Crippen molar-refractivity contribution in [2.75, 3.05) is 5.43 Å². The molecule has 0 unspecified atom stereocenters. The maximum atomic E-state index is 13.4. The van der Waals surface area contributed by atoms with E-state index in [4.69, 9.17) is 0 Å². The Hall–Kier alpha value is -4.64. The summed E-state index contributed by atoms with van der Waals surface area (Å²) in [6, 6.07) is 18.5. The minimum absolute atomic E-state index is 0.0285. The molecule has 0 bridgehead atoms. The van der Waals surface area contributed by atoms with Crippen molar-refractivity contribution in [3.63, 3.8) is 0 Å². The first-order valence-electron chi connectivity index (χ1n) is 10.1. The zero-order chi connectivity index (χ0) is 23.7. The van der Waals surface area contributed by atoms with Crippen LogP contribution in [0.1, 0.15) is 5.56 Å². The molecule has 0 aliphatic heterocycles. The molecule has 0 fully saturated rings. The van der Waals surface area contributed by atoms with Crippen LogP contribution in [0.25, 0.3) is 33.0 Å². The van der Waals surface area contributed by atoms with E-state index in [2.05, 4.69) is 20.6 Å². The van der Waals surface area contributed by atoms with Crippen molar-refractivity contribution < 1.29 is 9.72 Å². The maximum absolute atomic E-state index is 13.4. The topological polar surface area (TPSA) is 136 Å². The fourth-order valence-electron chi connectivity index (χ4n) is 3.55. The number of nitrogens with one attached hydrogen (secondary N) is 2. The van der Waals surface area contributed by atoms with Gasteiger partial charge in [0.05, 0.1) is 16.2 Å². The minimum Gasteiger partial charge on any atom is -0.274 e. The summed E-state index contributed by atoms with van der Waals surface area (Å²) in [6.45, 7) is 0. The van der Waals surface area contributed by atoms with Gasteiger partial charge >= 0.3 is 5.56 Å². The molecule has 0 spiro atoms. The average molecular weight is 472 g/mol. The first-order valence-corrected chi connectivity index (χ1v) is 11.0. The summed E-state index contributed by atoms with van der Waals surface area (Å²) in [5, 5.41) is 20.2. The Kier molecular flexibility index (Phi) is 5.44. The number of hydrogen-bond donors (Lipinski definition) is 2. The number of H-pyrrole nitrogens is 1. The summed E-state index contributed by atoms with van der Waals surface area (Å²) in [5.74, 6) is -0.392. The van der Waals surface area contributed by atoms with Gasteiger partial charge in [0.25, 0.3) is 5.69 Å². The summed E-state index contributed by atoms with van der Waals surface area (Å²) in [4.78, 5) is 42.4. The smallest absolute Gasteiger partial charge is 0.274 e. The molecule has 0 atom stereocenters. The van der Waals surface area contributed by atoms with Crippen molar-refractivity contribution in [1.29, 1.82) is 0 Å². The lowest BCUT2D eigenvalue weighted by Gasteiger charge is -2.13. The molecule has 0 aliphatic carbocycles. The zero-order valence-electron chi connectivity index (χ0n) is 17.5. The van der Waals surface area contributed by atoms with Gasteiger partial charge in [-0.3, -0.25) is 30.2 Å².